The maximum absolute atomic E-state index is 4.57. The second kappa shape index (κ2) is 8.58. The Hall–Kier alpha value is -3.02. The predicted octanol–water partition coefficient (Wildman–Crippen LogP) is 4.87. The first-order valence-corrected chi connectivity index (χ1v) is 9.27. The smallest absolute Gasteiger partial charge is 0.249 e. The van der Waals surface area contributed by atoms with Crippen molar-refractivity contribution in [2.45, 2.75) is 46.1 Å². The molecule has 3 rings (SSSR count). The molecule has 0 bridgehead atoms. The zero-order valence-electron chi connectivity index (χ0n) is 16.3. The lowest BCUT2D eigenvalue weighted by atomic mass is 9.93. The van der Waals surface area contributed by atoms with Gasteiger partial charge in [-0.2, -0.15) is 10.1 Å². The fourth-order valence-electron chi connectivity index (χ4n) is 2.94. The van der Waals surface area contributed by atoms with Crippen LogP contribution < -0.4 is 10.6 Å². The summed E-state index contributed by atoms with van der Waals surface area (Å²) < 4.78 is 0. The van der Waals surface area contributed by atoms with Gasteiger partial charge in [-0.3, -0.25) is 4.98 Å². The van der Waals surface area contributed by atoms with Gasteiger partial charge in [0, 0.05) is 24.6 Å². The zero-order chi connectivity index (χ0) is 19.2. The molecule has 2 aromatic heterocycles. The predicted molar refractivity (Wildman–Crippen MR) is 109 cm³/mol. The van der Waals surface area contributed by atoms with Crippen LogP contribution in [0.3, 0.4) is 0 Å². The van der Waals surface area contributed by atoms with E-state index in [0.29, 0.717) is 30.1 Å². The number of pyridine rings is 1. The molecule has 2 heterocycles. The highest BCUT2D eigenvalue weighted by molar-refractivity contribution is 5.65. The van der Waals surface area contributed by atoms with Crippen molar-refractivity contribution >= 4 is 17.5 Å². The van der Waals surface area contributed by atoms with Gasteiger partial charge in [-0.1, -0.05) is 52.0 Å². The Bertz CT molecular complexity index is 851. The quantitative estimate of drug-likeness (QED) is 0.624. The van der Waals surface area contributed by atoms with Crippen LogP contribution in [0.5, 0.6) is 0 Å². The van der Waals surface area contributed by atoms with Gasteiger partial charge in [-0.15, -0.1) is 5.10 Å². The van der Waals surface area contributed by atoms with Crippen molar-refractivity contribution in [2.24, 2.45) is 0 Å². The number of nitrogens with one attached hydrogen (secondary N) is 2. The summed E-state index contributed by atoms with van der Waals surface area (Å²) in [4.78, 5) is 8.69. The van der Waals surface area contributed by atoms with E-state index >= 15 is 0 Å². The molecule has 6 nitrogen and oxygen atoms in total. The Morgan fingerprint density at radius 1 is 0.926 bits per heavy atom. The minimum atomic E-state index is 0.394. The molecule has 0 atom stereocenters. The molecule has 3 aromatic rings. The average Bonchev–Trinajstić information content (AvgIpc) is 2.67. The van der Waals surface area contributed by atoms with Gasteiger partial charge < -0.3 is 10.6 Å². The Morgan fingerprint density at radius 3 is 2.30 bits per heavy atom. The van der Waals surface area contributed by atoms with Crippen LogP contribution in [0.15, 0.2) is 48.9 Å². The minimum absolute atomic E-state index is 0.394. The van der Waals surface area contributed by atoms with Gasteiger partial charge in [0.15, 0.2) is 5.82 Å². The second-order valence-corrected chi connectivity index (χ2v) is 7.13. The molecule has 0 radical (unpaired) electrons. The van der Waals surface area contributed by atoms with Crippen LogP contribution in [0, 0.1) is 0 Å². The molecule has 0 amide bonds. The Balaban J connectivity index is 1.82. The van der Waals surface area contributed by atoms with E-state index < -0.39 is 0 Å². The van der Waals surface area contributed by atoms with E-state index in [1.54, 1.807) is 12.4 Å². The highest BCUT2D eigenvalue weighted by Crippen LogP contribution is 2.33. The largest absolute Gasteiger partial charge is 0.364 e. The number of hydrogen-bond donors (Lipinski definition) is 2. The van der Waals surface area contributed by atoms with E-state index in [1.165, 1.54) is 11.1 Å². The first kappa shape index (κ1) is 18.8. The number of para-hydroxylation sites is 1. The average molecular weight is 362 g/mol. The summed E-state index contributed by atoms with van der Waals surface area (Å²) in [6.45, 7) is 9.39. The zero-order valence-corrected chi connectivity index (χ0v) is 16.3. The number of aromatic nitrogens is 4. The Labute approximate surface area is 160 Å². The number of benzene rings is 1. The highest BCUT2D eigenvalue weighted by atomic mass is 15.3. The van der Waals surface area contributed by atoms with Crippen molar-refractivity contribution in [3.8, 4) is 0 Å². The summed E-state index contributed by atoms with van der Waals surface area (Å²) in [6.07, 6.45) is 5.21. The monoisotopic (exact) mass is 362 g/mol. The molecule has 140 valence electrons. The molecular weight excluding hydrogens is 336 g/mol. The molecule has 0 spiro atoms. The molecule has 0 unspecified atom stereocenters. The summed E-state index contributed by atoms with van der Waals surface area (Å²) in [5, 5.41) is 14.9. The molecule has 0 aliphatic heterocycles. The number of anilines is 3. The van der Waals surface area contributed by atoms with E-state index in [0.717, 1.165) is 11.3 Å². The second-order valence-electron chi connectivity index (χ2n) is 7.13. The Kier molecular flexibility index (Phi) is 5.96. The first-order valence-electron chi connectivity index (χ1n) is 9.27. The van der Waals surface area contributed by atoms with Crippen molar-refractivity contribution in [1.82, 2.24) is 20.2 Å². The van der Waals surface area contributed by atoms with Crippen LogP contribution in [0.4, 0.5) is 17.5 Å². The SMILES string of the molecule is CC(C)c1cccc(C(C)C)c1Nc1nncc(NCc2cccnc2)n1. The standard InChI is InChI=1S/C21H26N6/c1-14(2)17-8-5-9-18(15(3)4)20(17)26-21-25-19(13-24-27-21)23-12-16-7-6-10-22-11-16/h5-11,13-15H,12H2,1-4H3,(H2,23,25,26,27). The maximum Gasteiger partial charge on any atom is 0.249 e. The van der Waals surface area contributed by atoms with Crippen molar-refractivity contribution < 1.29 is 0 Å². The van der Waals surface area contributed by atoms with Crippen molar-refractivity contribution in [3.63, 3.8) is 0 Å². The van der Waals surface area contributed by atoms with Gasteiger partial charge in [-0.05, 0) is 34.6 Å². The molecule has 0 fully saturated rings. The van der Waals surface area contributed by atoms with Crippen LogP contribution in [0.2, 0.25) is 0 Å². The summed E-state index contributed by atoms with van der Waals surface area (Å²) in [7, 11) is 0. The third kappa shape index (κ3) is 4.78. The van der Waals surface area contributed by atoms with Gasteiger partial charge in [0.1, 0.15) is 0 Å². The molecule has 6 heteroatoms. The van der Waals surface area contributed by atoms with Crippen molar-refractivity contribution in [1.29, 1.82) is 0 Å². The fourth-order valence-corrected chi connectivity index (χ4v) is 2.94. The normalized spacial score (nSPS) is 11.0. The molecule has 1 aromatic carbocycles. The molecule has 0 aliphatic rings. The number of hydrogen-bond acceptors (Lipinski definition) is 6. The Morgan fingerprint density at radius 2 is 1.67 bits per heavy atom. The molecule has 27 heavy (non-hydrogen) atoms. The van der Waals surface area contributed by atoms with E-state index in [1.807, 2.05) is 18.3 Å². The molecule has 0 saturated heterocycles. The fraction of sp³-hybridized carbons (Fsp3) is 0.333. The van der Waals surface area contributed by atoms with Crippen LogP contribution in [-0.2, 0) is 6.54 Å². The third-order valence-electron chi connectivity index (χ3n) is 4.36. The van der Waals surface area contributed by atoms with Crippen LogP contribution in [0.1, 0.15) is 56.2 Å². The van der Waals surface area contributed by atoms with Crippen molar-refractivity contribution in [2.75, 3.05) is 10.6 Å². The lowest BCUT2D eigenvalue weighted by Crippen LogP contribution is -2.09. The first-order chi connectivity index (χ1) is 13.0. The maximum atomic E-state index is 4.57. The molecule has 2 N–H and O–H groups in total. The van der Waals surface area contributed by atoms with E-state index in [4.69, 9.17) is 0 Å². The van der Waals surface area contributed by atoms with Gasteiger partial charge in [0.05, 0.1) is 6.20 Å². The van der Waals surface area contributed by atoms with Crippen molar-refractivity contribution in [3.05, 3.63) is 65.6 Å². The van der Waals surface area contributed by atoms with Crippen LogP contribution in [0.25, 0.3) is 0 Å². The van der Waals surface area contributed by atoms with Crippen LogP contribution in [-0.4, -0.2) is 20.2 Å². The number of rotatable bonds is 7. The minimum Gasteiger partial charge on any atom is -0.364 e. The molecule has 0 aliphatic carbocycles. The van der Waals surface area contributed by atoms with E-state index in [9.17, 15) is 0 Å². The third-order valence-corrected chi connectivity index (χ3v) is 4.36. The van der Waals surface area contributed by atoms with Gasteiger partial charge in [-0.25, -0.2) is 0 Å². The van der Waals surface area contributed by atoms with Gasteiger partial charge >= 0.3 is 0 Å². The topological polar surface area (TPSA) is 75.6 Å². The summed E-state index contributed by atoms with van der Waals surface area (Å²) >= 11 is 0. The summed E-state index contributed by atoms with van der Waals surface area (Å²) in [5.41, 5.74) is 4.66. The lowest BCUT2D eigenvalue weighted by molar-refractivity contribution is 0.836. The van der Waals surface area contributed by atoms with E-state index in [-0.39, 0.29) is 0 Å². The highest BCUT2D eigenvalue weighted by Gasteiger charge is 2.15. The number of nitrogens with zero attached hydrogens (tertiary/aromatic N) is 4. The molecular formula is C21H26N6. The van der Waals surface area contributed by atoms with Crippen LogP contribution >= 0.6 is 0 Å². The van der Waals surface area contributed by atoms with E-state index in [2.05, 4.69) is 76.7 Å². The lowest BCUT2D eigenvalue weighted by Gasteiger charge is -2.20. The van der Waals surface area contributed by atoms with Gasteiger partial charge in [0.25, 0.3) is 0 Å². The summed E-state index contributed by atoms with van der Waals surface area (Å²) in [6, 6.07) is 10.3. The molecule has 0 saturated carbocycles. The van der Waals surface area contributed by atoms with Gasteiger partial charge in [0.2, 0.25) is 5.95 Å². The summed E-state index contributed by atoms with van der Waals surface area (Å²) in [5.74, 6) is 1.95.